The molecule has 0 saturated carbocycles. The number of rotatable bonds is 5. The number of fused-ring (bicyclic) bond motifs is 1. The molecule has 0 unspecified atom stereocenters. The molecule has 1 aromatic heterocycles. The molecule has 3 heterocycles. The molecule has 1 N–H and O–H groups in total. The van der Waals surface area contributed by atoms with E-state index >= 15 is 0 Å². The average molecular weight is 623 g/mol. The summed E-state index contributed by atoms with van der Waals surface area (Å²) in [5.41, 5.74) is 1.29. The van der Waals surface area contributed by atoms with Crippen LogP contribution in [0.1, 0.15) is 26.5 Å². The zero-order chi connectivity index (χ0) is 29.5. The van der Waals surface area contributed by atoms with Crippen molar-refractivity contribution in [3.8, 4) is 0 Å². The quantitative estimate of drug-likeness (QED) is 0.335. The molecule has 41 heavy (non-hydrogen) atoms. The van der Waals surface area contributed by atoms with Gasteiger partial charge in [-0.25, -0.2) is 23.4 Å². The number of carbonyl (C=O) groups excluding carboxylic acids is 2. The normalized spacial score (nSPS) is 15.9. The molecule has 8 nitrogen and oxygen atoms in total. The molecular weight excluding hydrogens is 595 g/mol. The van der Waals surface area contributed by atoms with E-state index < -0.39 is 23.1 Å². The van der Waals surface area contributed by atoms with E-state index in [1.165, 1.54) is 17.0 Å². The highest BCUT2D eigenvalue weighted by molar-refractivity contribution is 7.99. The number of halogens is 4. The zero-order valence-corrected chi connectivity index (χ0v) is 24.8. The van der Waals surface area contributed by atoms with Crippen molar-refractivity contribution in [2.24, 2.45) is 5.41 Å². The molecule has 3 aromatic rings. The third-order valence-corrected chi connectivity index (χ3v) is 8.20. The standard InChI is InChI=1S/C28H27Cl2F2N5O3S/c1-28(2,3)26(38)40-36-11-9-35(10-12-36)22-14-21-20(34-25(22)41-23-8-7-16(31)13-19(23)32)15-33-27(39)37(21)24-17(29)5-4-6-18(24)30/h4-8,13-14H,9-12,15H2,1-3H3,(H,33,39). The van der Waals surface area contributed by atoms with Gasteiger partial charge in [0.2, 0.25) is 0 Å². The highest BCUT2D eigenvalue weighted by Gasteiger charge is 2.33. The Hall–Kier alpha value is -3.12. The SMILES string of the molecule is CC(C)(C)C(=O)ON1CCN(c2cc3c(nc2Sc2ccc(F)cc2F)CNC(=O)N3c2c(Cl)cccc2Cl)CC1. The van der Waals surface area contributed by atoms with E-state index in [4.69, 9.17) is 33.0 Å². The van der Waals surface area contributed by atoms with Gasteiger partial charge < -0.3 is 15.1 Å². The first-order chi connectivity index (χ1) is 19.4. The van der Waals surface area contributed by atoms with Crippen molar-refractivity contribution in [2.75, 3.05) is 36.0 Å². The smallest absolute Gasteiger partial charge is 0.330 e. The molecule has 0 radical (unpaired) electrons. The Kier molecular flexibility index (Phi) is 8.34. The fraction of sp³-hybridized carbons (Fsp3) is 0.321. The second-order valence-corrected chi connectivity index (χ2v) is 12.4. The lowest BCUT2D eigenvalue weighted by Gasteiger charge is -2.37. The minimum absolute atomic E-state index is 0.128. The summed E-state index contributed by atoms with van der Waals surface area (Å²) in [6.07, 6.45) is 0. The molecule has 2 aliphatic heterocycles. The molecule has 216 valence electrons. The van der Waals surface area contributed by atoms with Crippen molar-refractivity contribution in [2.45, 2.75) is 37.2 Å². The molecule has 13 heteroatoms. The van der Waals surface area contributed by atoms with Crippen LogP contribution in [0.25, 0.3) is 0 Å². The summed E-state index contributed by atoms with van der Waals surface area (Å²) in [7, 11) is 0. The molecule has 0 atom stereocenters. The van der Waals surface area contributed by atoms with E-state index in [0.29, 0.717) is 54.0 Å². The lowest BCUT2D eigenvalue weighted by Crippen LogP contribution is -2.48. The van der Waals surface area contributed by atoms with Crippen LogP contribution in [0, 0.1) is 17.0 Å². The summed E-state index contributed by atoms with van der Waals surface area (Å²) in [6, 6.07) is 9.71. The molecule has 0 bridgehead atoms. The average Bonchev–Trinajstić information content (AvgIpc) is 2.91. The molecule has 5 rings (SSSR count). The van der Waals surface area contributed by atoms with Crippen LogP contribution < -0.4 is 15.1 Å². The first-order valence-electron chi connectivity index (χ1n) is 12.8. The first-order valence-corrected chi connectivity index (χ1v) is 14.4. The number of hydrogen-bond acceptors (Lipinski definition) is 7. The van der Waals surface area contributed by atoms with Gasteiger partial charge in [0.15, 0.2) is 0 Å². The molecule has 2 aliphatic rings. The third kappa shape index (κ3) is 6.23. The van der Waals surface area contributed by atoms with Gasteiger partial charge in [-0.05, 0) is 51.1 Å². The number of piperazine rings is 1. The summed E-state index contributed by atoms with van der Waals surface area (Å²) in [5.74, 6) is -1.72. The van der Waals surface area contributed by atoms with Crippen molar-refractivity contribution >= 4 is 64.0 Å². The fourth-order valence-corrected chi connectivity index (χ4v) is 5.86. The minimum Gasteiger partial charge on any atom is -0.367 e. The van der Waals surface area contributed by atoms with E-state index in [9.17, 15) is 18.4 Å². The monoisotopic (exact) mass is 621 g/mol. The number of urea groups is 1. The first kappa shape index (κ1) is 29.4. The Morgan fingerprint density at radius 2 is 1.71 bits per heavy atom. The van der Waals surface area contributed by atoms with Crippen molar-refractivity contribution in [3.63, 3.8) is 0 Å². The topological polar surface area (TPSA) is 78.0 Å². The molecule has 2 aromatic carbocycles. The second kappa shape index (κ2) is 11.6. The van der Waals surface area contributed by atoms with Crippen LogP contribution in [0.4, 0.5) is 30.6 Å². The van der Waals surface area contributed by atoms with Crippen LogP contribution in [0.5, 0.6) is 0 Å². The molecule has 0 spiro atoms. The van der Waals surface area contributed by atoms with Gasteiger partial charge in [-0.3, -0.25) is 4.90 Å². The van der Waals surface area contributed by atoms with Gasteiger partial charge in [-0.15, -0.1) is 5.06 Å². The highest BCUT2D eigenvalue weighted by atomic mass is 35.5. The number of para-hydroxylation sites is 1. The van der Waals surface area contributed by atoms with Crippen LogP contribution in [0.15, 0.2) is 52.4 Å². The Morgan fingerprint density at radius 1 is 1.02 bits per heavy atom. The maximum atomic E-state index is 14.7. The predicted molar refractivity (Wildman–Crippen MR) is 155 cm³/mol. The van der Waals surface area contributed by atoms with E-state index in [1.807, 2.05) is 4.90 Å². The van der Waals surface area contributed by atoms with Gasteiger partial charge in [0.05, 0.1) is 57.9 Å². The summed E-state index contributed by atoms with van der Waals surface area (Å²) >= 11 is 14.0. The van der Waals surface area contributed by atoms with Gasteiger partial charge in [0.1, 0.15) is 16.7 Å². The van der Waals surface area contributed by atoms with Gasteiger partial charge in [0, 0.05) is 24.1 Å². The predicted octanol–water partition coefficient (Wildman–Crippen LogP) is 6.81. The largest absolute Gasteiger partial charge is 0.367 e. The van der Waals surface area contributed by atoms with Crippen LogP contribution in [0.3, 0.4) is 0 Å². The number of hydroxylamine groups is 2. The van der Waals surface area contributed by atoms with Gasteiger partial charge in [0.25, 0.3) is 0 Å². The second-order valence-electron chi connectivity index (χ2n) is 10.6. The Balaban J connectivity index is 1.54. The summed E-state index contributed by atoms with van der Waals surface area (Å²) in [6.45, 7) is 7.22. The van der Waals surface area contributed by atoms with E-state index in [0.717, 1.165) is 17.8 Å². The van der Waals surface area contributed by atoms with Crippen molar-refractivity contribution in [1.29, 1.82) is 0 Å². The van der Waals surface area contributed by atoms with Gasteiger partial charge in [-0.1, -0.05) is 41.0 Å². The number of aromatic nitrogens is 1. The Bertz CT molecular complexity index is 1490. The molecule has 2 amide bonds. The lowest BCUT2D eigenvalue weighted by atomic mass is 9.98. The number of pyridine rings is 1. The third-order valence-electron chi connectivity index (χ3n) is 6.54. The number of nitrogens with one attached hydrogen (secondary N) is 1. The molecule has 1 saturated heterocycles. The van der Waals surface area contributed by atoms with Crippen molar-refractivity contribution in [1.82, 2.24) is 15.4 Å². The Morgan fingerprint density at radius 3 is 2.34 bits per heavy atom. The van der Waals surface area contributed by atoms with E-state index in [2.05, 4.69) is 5.32 Å². The fourth-order valence-electron chi connectivity index (χ4n) is 4.35. The van der Waals surface area contributed by atoms with Crippen molar-refractivity contribution in [3.05, 3.63) is 69.8 Å². The number of nitrogens with zero attached hydrogens (tertiary/aromatic N) is 4. The molecule has 0 aliphatic carbocycles. The van der Waals surface area contributed by atoms with Gasteiger partial charge in [-0.2, -0.15) is 0 Å². The molecule has 1 fully saturated rings. The van der Waals surface area contributed by atoms with Crippen LogP contribution in [-0.2, 0) is 16.2 Å². The van der Waals surface area contributed by atoms with Gasteiger partial charge >= 0.3 is 12.0 Å². The zero-order valence-electron chi connectivity index (χ0n) is 22.5. The summed E-state index contributed by atoms with van der Waals surface area (Å²) in [4.78, 5) is 39.5. The van der Waals surface area contributed by atoms with Crippen molar-refractivity contribution < 1.29 is 23.2 Å². The highest BCUT2D eigenvalue weighted by Crippen LogP contribution is 2.44. The number of benzene rings is 2. The summed E-state index contributed by atoms with van der Waals surface area (Å²) < 4.78 is 28.3. The Labute approximate surface area is 250 Å². The number of amides is 2. The van der Waals surface area contributed by atoms with E-state index in [-0.39, 0.29) is 27.5 Å². The summed E-state index contributed by atoms with van der Waals surface area (Å²) in [5, 5.41) is 5.44. The number of anilines is 3. The lowest BCUT2D eigenvalue weighted by molar-refractivity contribution is -0.201. The maximum absolute atomic E-state index is 14.7. The van der Waals surface area contributed by atoms with E-state index in [1.54, 1.807) is 50.1 Å². The molecular formula is C28H27Cl2F2N5O3S. The maximum Gasteiger partial charge on any atom is 0.330 e. The van der Waals surface area contributed by atoms with Crippen LogP contribution >= 0.6 is 35.0 Å². The number of hydrogen-bond donors (Lipinski definition) is 1. The number of carbonyl (C=O) groups is 2. The van der Waals surface area contributed by atoms with Crippen LogP contribution in [-0.4, -0.2) is 48.2 Å². The van der Waals surface area contributed by atoms with Crippen LogP contribution in [0.2, 0.25) is 10.0 Å². The minimum atomic E-state index is -0.711.